The Kier molecular flexibility index (Phi) is 3.82. The molecule has 1 saturated heterocycles. The van der Waals surface area contributed by atoms with Crippen molar-refractivity contribution in [3.05, 3.63) is 6.33 Å². The number of ether oxygens (including phenoxy) is 1. The topological polar surface area (TPSA) is 117 Å². The first-order chi connectivity index (χ1) is 10.9. The predicted molar refractivity (Wildman–Crippen MR) is 80.9 cm³/mol. The quantitative estimate of drug-likeness (QED) is 0.615. The molecule has 0 spiro atoms. The first-order valence-electron chi connectivity index (χ1n) is 7.17. The fraction of sp³-hybridized carbons (Fsp3) is 0.615. The highest BCUT2D eigenvalue weighted by molar-refractivity contribution is 5.84. The lowest BCUT2D eigenvalue weighted by Crippen LogP contribution is -2.40. The van der Waals surface area contributed by atoms with E-state index in [-0.39, 0.29) is 0 Å². The number of hydrogen-bond acceptors (Lipinski definition) is 8. The van der Waals surface area contributed by atoms with Crippen LogP contribution in [0.1, 0.15) is 13.2 Å². The van der Waals surface area contributed by atoms with Crippen molar-refractivity contribution < 1.29 is 19.3 Å². The van der Waals surface area contributed by atoms with Gasteiger partial charge < -0.3 is 25.6 Å². The minimum Gasteiger partial charge on any atom is -0.394 e. The van der Waals surface area contributed by atoms with Crippen molar-refractivity contribution in [1.29, 1.82) is 0 Å². The van der Waals surface area contributed by atoms with Gasteiger partial charge in [0.15, 0.2) is 28.9 Å². The number of anilines is 2. The summed E-state index contributed by atoms with van der Waals surface area (Å²) >= 11 is 0. The van der Waals surface area contributed by atoms with E-state index < -0.39 is 30.7 Å². The molecular weight excluding hydrogens is 307 g/mol. The normalized spacial score (nSPS) is 30.8. The molecule has 0 amide bonds. The van der Waals surface area contributed by atoms with Crippen LogP contribution < -0.4 is 10.6 Å². The molecule has 9 nitrogen and oxygen atoms in total. The molecule has 0 unspecified atom stereocenters. The second-order valence-electron chi connectivity index (χ2n) is 5.53. The smallest absolute Gasteiger partial charge is 0.226 e. The number of nitrogens with zero attached hydrogens (tertiary/aromatic N) is 4. The molecule has 2 aromatic heterocycles. The van der Waals surface area contributed by atoms with Crippen LogP contribution >= 0.6 is 0 Å². The maximum Gasteiger partial charge on any atom is 0.226 e. The Labute approximate surface area is 131 Å². The molecule has 0 aromatic carbocycles. The van der Waals surface area contributed by atoms with Crippen molar-refractivity contribution >= 4 is 22.9 Å². The predicted octanol–water partition coefficient (Wildman–Crippen LogP) is -0.112. The number of alkyl halides is 1. The number of aromatic nitrogens is 4. The Balaban J connectivity index is 2.13. The molecule has 3 heterocycles. The summed E-state index contributed by atoms with van der Waals surface area (Å²) in [7, 11) is 3.36. The lowest BCUT2D eigenvalue weighted by Gasteiger charge is -2.24. The van der Waals surface area contributed by atoms with Gasteiger partial charge in [0.2, 0.25) is 5.95 Å². The van der Waals surface area contributed by atoms with Crippen LogP contribution in [-0.4, -0.2) is 68.3 Å². The highest BCUT2D eigenvalue weighted by Crippen LogP contribution is 2.42. The van der Waals surface area contributed by atoms with Gasteiger partial charge in [-0.2, -0.15) is 9.97 Å². The van der Waals surface area contributed by atoms with E-state index in [1.807, 2.05) is 0 Å². The molecule has 1 aliphatic rings. The van der Waals surface area contributed by atoms with Crippen molar-refractivity contribution in [2.45, 2.75) is 31.0 Å². The van der Waals surface area contributed by atoms with E-state index in [0.29, 0.717) is 22.9 Å². The van der Waals surface area contributed by atoms with E-state index in [1.54, 1.807) is 14.1 Å². The fourth-order valence-corrected chi connectivity index (χ4v) is 2.74. The minimum atomic E-state index is -2.11. The second kappa shape index (κ2) is 5.55. The molecule has 0 aliphatic carbocycles. The van der Waals surface area contributed by atoms with Crippen molar-refractivity contribution in [3.63, 3.8) is 0 Å². The lowest BCUT2D eigenvalue weighted by atomic mass is 9.98. The average molecular weight is 326 g/mol. The summed E-state index contributed by atoms with van der Waals surface area (Å²) in [4.78, 5) is 12.7. The Hall–Kier alpha value is -2.04. The van der Waals surface area contributed by atoms with E-state index >= 15 is 0 Å². The molecule has 0 saturated carbocycles. The van der Waals surface area contributed by atoms with Crippen LogP contribution in [0, 0.1) is 0 Å². The number of halogens is 1. The summed E-state index contributed by atoms with van der Waals surface area (Å²) < 4.78 is 21.8. The number of rotatable bonds is 4. The van der Waals surface area contributed by atoms with Crippen LogP contribution in [-0.2, 0) is 4.74 Å². The SMILES string of the molecule is CNc1nc(NC)c2ncn([C@@H]3O[C@H](CO)[C@@H](O)[C@@]3(C)F)c2n1. The van der Waals surface area contributed by atoms with Crippen LogP contribution in [0.4, 0.5) is 16.2 Å². The van der Waals surface area contributed by atoms with Gasteiger partial charge in [0, 0.05) is 14.1 Å². The average Bonchev–Trinajstić information content (AvgIpc) is 3.06. The summed E-state index contributed by atoms with van der Waals surface area (Å²) in [5.41, 5.74) is -1.30. The van der Waals surface area contributed by atoms with Crippen molar-refractivity contribution in [2.24, 2.45) is 0 Å². The number of imidazole rings is 1. The lowest BCUT2D eigenvalue weighted by molar-refractivity contribution is -0.0566. The molecule has 23 heavy (non-hydrogen) atoms. The summed E-state index contributed by atoms with van der Waals surface area (Å²) in [6, 6.07) is 0. The maximum absolute atomic E-state index is 15.0. The van der Waals surface area contributed by atoms with E-state index in [9.17, 15) is 14.6 Å². The molecule has 3 rings (SSSR count). The molecule has 4 N–H and O–H groups in total. The Morgan fingerprint density at radius 3 is 2.70 bits per heavy atom. The number of aliphatic hydroxyl groups is 2. The third kappa shape index (κ3) is 2.30. The van der Waals surface area contributed by atoms with Gasteiger partial charge in [-0.3, -0.25) is 4.57 Å². The van der Waals surface area contributed by atoms with E-state index in [2.05, 4.69) is 25.6 Å². The van der Waals surface area contributed by atoms with Crippen LogP contribution in [0.3, 0.4) is 0 Å². The van der Waals surface area contributed by atoms with Gasteiger partial charge in [0.1, 0.15) is 12.2 Å². The highest BCUT2D eigenvalue weighted by atomic mass is 19.1. The Bertz CT molecular complexity index is 721. The monoisotopic (exact) mass is 326 g/mol. The van der Waals surface area contributed by atoms with Crippen molar-refractivity contribution in [3.8, 4) is 0 Å². The van der Waals surface area contributed by atoms with Crippen LogP contribution in [0.25, 0.3) is 11.2 Å². The molecule has 4 atom stereocenters. The summed E-state index contributed by atoms with van der Waals surface area (Å²) in [6.45, 7) is 0.741. The van der Waals surface area contributed by atoms with Crippen LogP contribution in [0.2, 0.25) is 0 Å². The summed E-state index contributed by atoms with van der Waals surface area (Å²) in [6.07, 6.45) is -2.25. The first kappa shape index (κ1) is 15.8. The summed E-state index contributed by atoms with van der Waals surface area (Å²) in [5.74, 6) is 0.817. The molecule has 1 aliphatic heterocycles. The number of hydrogen-bond donors (Lipinski definition) is 4. The van der Waals surface area contributed by atoms with E-state index in [4.69, 9.17) is 4.74 Å². The number of aliphatic hydroxyl groups excluding tert-OH is 2. The van der Waals surface area contributed by atoms with Crippen molar-refractivity contribution in [2.75, 3.05) is 31.3 Å². The third-order valence-electron chi connectivity index (χ3n) is 4.03. The molecule has 0 radical (unpaired) electrons. The van der Waals surface area contributed by atoms with Gasteiger partial charge in [-0.15, -0.1) is 0 Å². The largest absolute Gasteiger partial charge is 0.394 e. The van der Waals surface area contributed by atoms with Gasteiger partial charge in [0.05, 0.1) is 12.9 Å². The second-order valence-corrected chi connectivity index (χ2v) is 5.53. The van der Waals surface area contributed by atoms with Crippen LogP contribution in [0.15, 0.2) is 6.33 Å². The minimum absolute atomic E-state index is 0.335. The number of fused-ring (bicyclic) bond motifs is 1. The first-order valence-corrected chi connectivity index (χ1v) is 7.17. The Morgan fingerprint density at radius 2 is 2.13 bits per heavy atom. The van der Waals surface area contributed by atoms with E-state index in [1.165, 1.54) is 17.8 Å². The van der Waals surface area contributed by atoms with Gasteiger partial charge in [0.25, 0.3) is 0 Å². The zero-order valence-corrected chi connectivity index (χ0v) is 13.0. The molecule has 2 aromatic rings. The summed E-state index contributed by atoms with van der Waals surface area (Å²) in [5, 5.41) is 25.0. The zero-order chi connectivity index (χ0) is 16.8. The van der Waals surface area contributed by atoms with Crippen LogP contribution in [0.5, 0.6) is 0 Å². The zero-order valence-electron chi connectivity index (χ0n) is 13.0. The third-order valence-corrected chi connectivity index (χ3v) is 4.03. The molecule has 1 fully saturated rings. The van der Waals surface area contributed by atoms with Gasteiger partial charge in [-0.05, 0) is 6.92 Å². The Morgan fingerprint density at radius 1 is 1.39 bits per heavy atom. The molecular formula is C13H19FN6O3. The van der Waals surface area contributed by atoms with Crippen molar-refractivity contribution in [1.82, 2.24) is 19.5 Å². The highest BCUT2D eigenvalue weighted by Gasteiger charge is 2.55. The standard InChI is InChI=1S/C13H19FN6O3/c1-13(14)8(22)6(4-21)23-11(13)20-5-17-7-9(15-2)18-12(16-3)19-10(7)20/h5-6,8,11,21-22H,4H2,1-3H3,(H2,15,16,18,19)/t6-,8-,11-,13-/m1/s1. The van der Waals surface area contributed by atoms with E-state index in [0.717, 1.165) is 0 Å². The maximum atomic E-state index is 15.0. The molecule has 126 valence electrons. The fourth-order valence-electron chi connectivity index (χ4n) is 2.74. The molecule has 10 heteroatoms. The van der Waals surface area contributed by atoms with Gasteiger partial charge in [-0.1, -0.05) is 0 Å². The van der Waals surface area contributed by atoms with Gasteiger partial charge >= 0.3 is 0 Å². The molecule has 0 bridgehead atoms. The van der Waals surface area contributed by atoms with Gasteiger partial charge in [-0.25, -0.2) is 9.37 Å². The number of nitrogens with one attached hydrogen (secondary N) is 2.